The minimum atomic E-state index is -2.73. The van der Waals surface area contributed by atoms with Gasteiger partial charge in [0.05, 0.1) is 0 Å². The molecule has 0 N–H and O–H groups in total. The van der Waals surface area contributed by atoms with E-state index in [1.807, 2.05) is 57.2 Å². The number of piperidine rings is 1. The van der Waals surface area contributed by atoms with Crippen molar-refractivity contribution >= 4 is 6.09 Å². The first-order chi connectivity index (χ1) is 16.1. The predicted molar refractivity (Wildman–Crippen MR) is 132 cm³/mol. The van der Waals surface area contributed by atoms with E-state index in [1.165, 1.54) is 11.1 Å². The van der Waals surface area contributed by atoms with Gasteiger partial charge in [0.15, 0.2) is 0 Å². The van der Waals surface area contributed by atoms with Crippen LogP contribution < -0.4 is 0 Å². The Hall–Kier alpha value is -2.47. The first-order valence-corrected chi connectivity index (χ1v) is 12.3. The largest absolute Gasteiger partial charge is 0.444 e. The fourth-order valence-corrected chi connectivity index (χ4v) is 4.45. The van der Waals surface area contributed by atoms with Gasteiger partial charge in [-0.1, -0.05) is 60.7 Å². The molecule has 6 heteroatoms. The zero-order chi connectivity index (χ0) is 24.6. The van der Waals surface area contributed by atoms with E-state index in [9.17, 15) is 4.79 Å². The summed E-state index contributed by atoms with van der Waals surface area (Å²) in [6.07, 6.45) is 0.503. The van der Waals surface area contributed by atoms with Gasteiger partial charge in [0.2, 0.25) is 0 Å². The Morgan fingerprint density at radius 1 is 0.941 bits per heavy atom. The molecule has 0 bridgehead atoms. The fraction of sp³-hybridized carbons (Fsp3) is 0.536. The highest BCUT2D eigenvalue weighted by Gasteiger charge is 2.41. The molecule has 0 saturated carbocycles. The molecular weight excluding hydrogens is 434 g/mol. The smallest absolute Gasteiger partial charge is 0.410 e. The SMILES string of the molecule is CC(C)(C)OC(=O)N1CCC(C(F)(F)CCCN(Cc2ccccc2)Cc2ccccc2)CC1. The van der Waals surface area contributed by atoms with Crippen molar-refractivity contribution in [1.82, 2.24) is 9.80 Å². The van der Waals surface area contributed by atoms with Crippen LogP contribution in [-0.4, -0.2) is 47.1 Å². The molecule has 0 spiro atoms. The molecule has 4 nitrogen and oxygen atoms in total. The summed E-state index contributed by atoms with van der Waals surface area (Å²) >= 11 is 0. The van der Waals surface area contributed by atoms with Crippen molar-refractivity contribution in [3.05, 3.63) is 71.8 Å². The van der Waals surface area contributed by atoms with Crippen LogP contribution in [0.4, 0.5) is 13.6 Å². The number of hydrogen-bond acceptors (Lipinski definition) is 3. The Kier molecular flexibility index (Phi) is 9.06. The minimum Gasteiger partial charge on any atom is -0.444 e. The summed E-state index contributed by atoms with van der Waals surface area (Å²) in [6.45, 7) is 8.15. The highest BCUT2D eigenvalue weighted by molar-refractivity contribution is 5.68. The van der Waals surface area contributed by atoms with E-state index in [1.54, 1.807) is 4.90 Å². The summed E-state index contributed by atoms with van der Waals surface area (Å²) in [7, 11) is 0. The van der Waals surface area contributed by atoms with E-state index >= 15 is 8.78 Å². The molecule has 0 aromatic heterocycles. The van der Waals surface area contributed by atoms with Crippen LogP contribution in [0.25, 0.3) is 0 Å². The molecule has 0 aliphatic carbocycles. The van der Waals surface area contributed by atoms with E-state index in [0.29, 0.717) is 38.9 Å². The van der Waals surface area contributed by atoms with Crippen LogP contribution in [0.3, 0.4) is 0 Å². The molecule has 1 saturated heterocycles. The Morgan fingerprint density at radius 2 is 1.44 bits per heavy atom. The van der Waals surface area contributed by atoms with Crippen molar-refractivity contribution in [1.29, 1.82) is 0 Å². The van der Waals surface area contributed by atoms with E-state index in [0.717, 1.165) is 13.1 Å². The van der Waals surface area contributed by atoms with Crippen molar-refractivity contribution in [2.75, 3.05) is 19.6 Å². The van der Waals surface area contributed by atoms with Gasteiger partial charge in [-0.05, 0) is 57.7 Å². The third kappa shape index (κ3) is 8.39. The van der Waals surface area contributed by atoms with Gasteiger partial charge in [0, 0.05) is 38.5 Å². The summed E-state index contributed by atoms with van der Waals surface area (Å²) in [5, 5.41) is 0. The number of carbonyl (C=O) groups excluding carboxylic acids is 1. The topological polar surface area (TPSA) is 32.8 Å². The van der Waals surface area contributed by atoms with Gasteiger partial charge in [-0.25, -0.2) is 13.6 Å². The maximum atomic E-state index is 15.1. The van der Waals surface area contributed by atoms with Crippen molar-refractivity contribution in [2.24, 2.45) is 5.92 Å². The zero-order valence-electron chi connectivity index (χ0n) is 20.7. The number of alkyl halides is 2. The first kappa shape index (κ1) is 26.1. The first-order valence-electron chi connectivity index (χ1n) is 12.3. The number of hydrogen-bond donors (Lipinski definition) is 0. The maximum absolute atomic E-state index is 15.1. The van der Waals surface area contributed by atoms with E-state index in [2.05, 4.69) is 29.2 Å². The molecule has 3 rings (SSSR count). The standard InChI is InChI=1S/C28H38F2N2O2/c1-27(2,3)34-26(33)32-19-15-25(16-20-32)28(29,30)17-10-18-31(21-23-11-6-4-7-12-23)22-24-13-8-5-9-14-24/h4-9,11-14,25H,10,15-22H2,1-3H3. The van der Waals surface area contributed by atoms with Crippen LogP contribution in [0.1, 0.15) is 57.6 Å². The molecule has 186 valence electrons. The van der Waals surface area contributed by atoms with Crippen LogP contribution in [0.2, 0.25) is 0 Å². The lowest BCUT2D eigenvalue weighted by Gasteiger charge is -2.36. The van der Waals surface area contributed by atoms with Gasteiger partial charge >= 0.3 is 6.09 Å². The second-order valence-electron chi connectivity index (χ2n) is 10.3. The van der Waals surface area contributed by atoms with E-state index < -0.39 is 23.5 Å². The molecule has 0 unspecified atom stereocenters. The summed E-state index contributed by atoms with van der Waals surface area (Å²) in [4.78, 5) is 16.0. The molecule has 0 atom stereocenters. The van der Waals surface area contributed by atoms with Crippen LogP contribution in [0.15, 0.2) is 60.7 Å². The number of amides is 1. The average molecular weight is 473 g/mol. The normalized spacial score (nSPS) is 15.5. The Bertz CT molecular complexity index is 835. The number of ether oxygens (including phenoxy) is 1. The van der Waals surface area contributed by atoms with E-state index in [4.69, 9.17) is 4.74 Å². The van der Waals surface area contributed by atoms with Crippen LogP contribution in [0.5, 0.6) is 0 Å². The van der Waals surface area contributed by atoms with Gasteiger partial charge < -0.3 is 9.64 Å². The summed E-state index contributed by atoms with van der Waals surface area (Å²) in [5.74, 6) is -3.42. The number of likely N-dealkylation sites (tertiary alicyclic amines) is 1. The summed E-state index contributed by atoms with van der Waals surface area (Å²) in [5.41, 5.74) is 1.78. The van der Waals surface area contributed by atoms with Crippen molar-refractivity contribution < 1.29 is 18.3 Å². The van der Waals surface area contributed by atoms with Gasteiger partial charge in [-0.3, -0.25) is 4.90 Å². The lowest BCUT2D eigenvalue weighted by Crippen LogP contribution is -2.45. The highest BCUT2D eigenvalue weighted by Crippen LogP contribution is 2.37. The number of halogens is 2. The Morgan fingerprint density at radius 3 is 1.91 bits per heavy atom. The van der Waals surface area contributed by atoms with Gasteiger partial charge in [0.1, 0.15) is 5.60 Å². The monoisotopic (exact) mass is 472 g/mol. The zero-order valence-corrected chi connectivity index (χ0v) is 20.7. The number of rotatable bonds is 9. The lowest BCUT2D eigenvalue weighted by molar-refractivity contribution is -0.0876. The summed E-state index contributed by atoms with van der Waals surface area (Å²) in [6, 6.07) is 20.3. The minimum absolute atomic E-state index is 0.135. The van der Waals surface area contributed by atoms with Gasteiger partial charge in [-0.15, -0.1) is 0 Å². The van der Waals surface area contributed by atoms with Crippen LogP contribution >= 0.6 is 0 Å². The molecule has 1 aliphatic rings. The van der Waals surface area contributed by atoms with Crippen LogP contribution in [0, 0.1) is 5.92 Å². The molecule has 2 aromatic carbocycles. The van der Waals surface area contributed by atoms with Gasteiger partial charge in [0.25, 0.3) is 5.92 Å². The van der Waals surface area contributed by atoms with Crippen molar-refractivity contribution in [2.45, 2.75) is 71.1 Å². The molecule has 1 heterocycles. The number of carbonyl (C=O) groups is 1. The van der Waals surface area contributed by atoms with Crippen molar-refractivity contribution in [3.8, 4) is 0 Å². The lowest BCUT2D eigenvalue weighted by atomic mass is 9.88. The van der Waals surface area contributed by atoms with E-state index in [-0.39, 0.29) is 6.42 Å². The molecule has 0 radical (unpaired) electrons. The predicted octanol–water partition coefficient (Wildman–Crippen LogP) is 6.75. The third-order valence-corrected chi connectivity index (χ3v) is 6.23. The maximum Gasteiger partial charge on any atom is 0.410 e. The van der Waals surface area contributed by atoms with Crippen molar-refractivity contribution in [3.63, 3.8) is 0 Å². The number of benzene rings is 2. The molecule has 1 fully saturated rings. The summed E-state index contributed by atoms with van der Waals surface area (Å²) < 4.78 is 35.5. The second kappa shape index (κ2) is 11.8. The highest BCUT2D eigenvalue weighted by atomic mass is 19.3. The third-order valence-electron chi connectivity index (χ3n) is 6.23. The Labute approximate surface area is 202 Å². The average Bonchev–Trinajstić information content (AvgIpc) is 2.79. The molecular formula is C28H38F2N2O2. The fourth-order valence-electron chi connectivity index (χ4n) is 4.45. The molecule has 2 aromatic rings. The second-order valence-corrected chi connectivity index (χ2v) is 10.3. The molecule has 1 amide bonds. The molecule has 1 aliphatic heterocycles. The van der Waals surface area contributed by atoms with Gasteiger partial charge in [-0.2, -0.15) is 0 Å². The Balaban J connectivity index is 1.51. The number of nitrogens with zero attached hydrogens (tertiary/aromatic N) is 2. The van der Waals surface area contributed by atoms with Crippen LogP contribution in [-0.2, 0) is 17.8 Å². The quantitative estimate of drug-likeness (QED) is 0.405. The molecule has 34 heavy (non-hydrogen) atoms.